The molecule has 0 saturated carbocycles. The minimum atomic E-state index is -0.325. The lowest BCUT2D eigenvalue weighted by Gasteiger charge is -2.26. The van der Waals surface area contributed by atoms with Gasteiger partial charge in [0, 0.05) is 38.7 Å². The van der Waals surface area contributed by atoms with Gasteiger partial charge in [-0.25, -0.2) is 19.4 Å². The van der Waals surface area contributed by atoms with Gasteiger partial charge in [0.15, 0.2) is 5.82 Å². The third kappa shape index (κ3) is 8.38. The first-order valence-corrected chi connectivity index (χ1v) is 15.7. The van der Waals surface area contributed by atoms with E-state index in [-0.39, 0.29) is 24.4 Å². The Kier molecular flexibility index (Phi) is 11.1. The first-order chi connectivity index (χ1) is 23.1. The number of hydrogen-bond donors (Lipinski definition) is 2. The Balaban J connectivity index is 1.38. The van der Waals surface area contributed by atoms with Crippen molar-refractivity contribution in [3.05, 3.63) is 102 Å². The molecule has 0 aliphatic carbocycles. The van der Waals surface area contributed by atoms with Crippen molar-refractivity contribution in [1.29, 1.82) is 0 Å². The van der Waals surface area contributed by atoms with Gasteiger partial charge in [0.1, 0.15) is 36.1 Å². The van der Waals surface area contributed by atoms with E-state index < -0.39 is 0 Å². The van der Waals surface area contributed by atoms with Crippen molar-refractivity contribution >= 4 is 34.6 Å². The molecule has 11 nitrogen and oxygen atoms in total. The van der Waals surface area contributed by atoms with E-state index in [1.54, 1.807) is 24.3 Å². The van der Waals surface area contributed by atoms with Gasteiger partial charge in [-0.15, -0.1) is 0 Å². The summed E-state index contributed by atoms with van der Waals surface area (Å²) in [5.74, 6) is 1.74. The topological polar surface area (TPSA) is 104 Å². The summed E-state index contributed by atoms with van der Waals surface area (Å²) < 4.78 is 25.5. The molecular weight excluding hydrogens is 613 g/mol. The first kappa shape index (κ1) is 34.1. The fraction of sp³-hybridized carbons (Fsp3) is 0.306. The van der Waals surface area contributed by atoms with E-state index in [0.717, 1.165) is 47.6 Å². The molecule has 4 aromatic rings. The maximum atomic E-state index is 13.7. The summed E-state index contributed by atoms with van der Waals surface area (Å²) in [5, 5.41) is 8.04. The number of nitrogens with one attached hydrogen (secondary N) is 2. The van der Waals surface area contributed by atoms with Crippen molar-refractivity contribution in [3.63, 3.8) is 0 Å². The Hall–Kier alpha value is -5.20. The maximum Gasteiger partial charge on any atom is 0.247 e. The smallest absolute Gasteiger partial charge is 0.247 e. The normalized spacial score (nSPS) is 14.1. The van der Waals surface area contributed by atoms with Crippen LogP contribution in [0, 0.1) is 12.7 Å². The van der Waals surface area contributed by atoms with E-state index in [4.69, 9.17) is 14.3 Å². The van der Waals surface area contributed by atoms with Crippen LogP contribution >= 0.6 is 0 Å². The Morgan fingerprint density at radius 2 is 1.92 bits per heavy atom. The molecule has 1 aliphatic rings. The average Bonchev–Trinajstić information content (AvgIpc) is 3.57. The van der Waals surface area contributed by atoms with Gasteiger partial charge in [-0.05, 0) is 68.1 Å². The largest absolute Gasteiger partial charge is 0.494 e. The number of ether oxygens (including phenoxy) is 2. The molecule has 5 rings (SSSR count). The monoisotopic (exact) mass is 655 g/mol. The summed E-state index contributed by atoms with van der Waals surface area (Å²) >= 11 is 0. The summed E-state index contributed by atoms with van der Waals surface area (Å²) in [7, 11) is 7.58. The molecule has 0 unspecified atom stereocenters. The molecule has 12 heteroatoms. The Morgan fingerprint density at radius 3 is 2.67 bits per heavy atom. The fourth-order valence-electron chi connectivity index (χ4n) is 5.34. The van der Waals surface area contributed by atoms with Crippen LogP contribution < -0.4 is 30.1 Å². The number of carbonyl (C=O) groups is 1. The average molecular weight is 656 g/mol. The standard InChI is InChI=1S/C36H42FN7O4/c1-7-36(45)41-28-19-29(33(46-6)20-31(28)43(5)15-14-42(3)4)40-34-21-35(39-23-38-34)44-30(13-16-48-44)26-12-11-24(2)32(18-26)47-22-25-9-8-10-27(37)17-25/h7-12,17-21,23,30H,1,13-16,22H2,2-6H3,(H,41,45)(H,38,39,40)/t30-/m1/s1. The molecule has 48 heavy (non-hydrogen) atoms. The first-order valence-electron chi connectivity index (χ1n) is 15.7. The molecule has 1 fully saturated rings. The SMILES string of the molecule is C=CC(=O)Nc1cc(Nc2cc(N3OCC[C@@H]3c3ccc(C)c(OCc4cccc(F)c4)c3)ncn2)c(OC)cc1N(C)CCN(C)C. The third-order valence-electron chi connectivity index (χ3n) is 7.98. The zero-order valence-corrected chi connectivity index (χ0v) is 28.0. The van der Waals surface area contributed by atoms with Gasteiger partial charge in [-0.3, -0.25) is 9.63 Å². The van der Waals surface area contributed by atoms with Crippen LogP contribution in [0.2, 0.25) is 0 Å². The zero-order valence-electron chi connectivity index (χ0n) is 28.0. The molecular formula is C36H42FN7O4. The highest BCUT2D eigenvalue weighted by atomic mass is 19.1. The van der Waals surface area contributed by atoms with Crippen LogP contribution in [0.4, 0.5) is 33.1 Å². The maximum absolute atomic E-state index is 13.7. The number of hydrogen-bond acceptors (Lipinski definition) is 10. The van der Waals surface area contributed by atoms with E-state index in [0.29, 0.717) is 35.4 Å². The Labute approximate surface area is 280 Å². The quantitative estimate of drug-likeness (QED) is 0.151. The van der Waals surface area contributed by atoms with Gasteiger partial charge in [0.25, 0.3) is 0 Å². The predicted molar refractivity (Wildman–Crippen MR) is 187 cm³/mol. The molecule has 1 amide bonds. The van der Waals surface area contributed by atoms with Crippen LogP contribution in [0.15, 0.2) is 79.6 Å². The fourth-order valence-corrected chi connectivity index (χ4v) is 5.34. The lowest BCUT2D eigenvalue weighted by molar-refractivity contribution is -0.111. The van der Waals surface area contributed by atoms with Crippen molar-refractivity contribution in [2.45, 2.75) is 26.0 Å². The highest BCUT2D eigenvalue weighted by Crippen LogP contribution is 2.40. The molecule has 0 spiro atoms. The Bertz CT molecular complexity index is 1750. The van der Waals surface area contributed by atoms with E-state index >= 15 is 0 Å². The van der Waals surface area contributed by atoms with Crippen molar-refractivity contribution in [1.82, 2.24) is 14.9 Å². The molecule has 2 N–H and O–H groups in total. The number of aromatic nitrogens is 2. The lowest BCUT2D eigenvalue weighted by atomic mass is 10.0. The van der Waals surface area contributed by atoms with E-state index in [1.807, 2.05) is 58.4 Å². The number of carbonyl (C=O) groups excluding carboxylic acids is 1. The molecule has 3 aromatic carbocycles. The minimum Gasteiger partial charge on any atom is -0.494 e. The second kappa shape index (κ2) is 15.6. The highest BCUT2D eigenvalue weighted by Gasteiger charge is 2.30. The van der Waals surface area contributed by atoms with E-state index in [2.05, 4.69) is 43.0 Å². The summed E-state index contributed by atoms with van der Waals surface area (Å²) in [4.78, 5) is 31.6. The number of halogens is 1. The summed E-state index contributed by atoms with van der Waals surface area (Å²) in [5.41, 5.74) is 4.72. The molecule has 1 atom stereocenters. The van der Waals surface area contributed by atoms with Crippen LogP contribution in [0.1, 0.15) is 29.2 Å². The van der Waals surface area contributed by atoms with Crippen LogP contribution in [-0.2, 0) is 16.2 Å². The van der Waals surface area contributed by atoms with Gasteiger partial charge in [-0.2, -0.15) is 0 Å². The van der Waals surface area contributed by atoms with Gasteiger partial charge >= 0.3 is 0 Å². The second-order valence-corrected chi connectivity index (χ2v) is 11.8. The number of nitrogens with zero attached hydrogens (tertiary/aromatic N) is 5. The lowest BCUT2D eigenvalue weighted by Crippen LogP contribution is -2.29. The second-order valence-electron chi connectivity index (χ2n) is 11.8. The number of rotatable bonds is 14. The zero-order chi connectivity index (χ0) is 34.2. The van der Waals surface area contributed by atoms with Gasteiger partial charge < -0.3 is 29.9 Å². The molecule has 2 heterocycles. The van der Waals surface area contributed by atoms with Crippen LogP contribution in [0.5, 0.6) is 11.5 Å². The molecule has 0 bridgehead atoms. The van der Waals surface area contributed by atoms with Gasteiger partial charge in [0.05, 0.1) is 36.8 Å². The van der Waals surface area contributed by atoms with Crippen LogP contribution in [0.3, 0.4) is 0 Å². The van der Waals surface area contributed by atoms with Gasteiger partial charge in [0.2, 0.25) is 5.91 Å². The predicted octanol–water partition coefficient (Wildman–Crippen LogP) is 6.26. The molecule has 1 saturated heterocycles. The number of aryl methyl sites for hydroxylation is 1. The number of hydroxylamine groups is 1. The molecule has 1 aliphatic heterocycles. The van der Waals surface area contributed by atoms with E-state index in [1.165, 1.54) is 24.5 Å². The summed E-state index contributed by atoms with van der Waals surface area (Å²) in [6, 6.07) is 17.8. The molecule has 252 valence electrons. The van der Waals surface area contributed by atoms with Crippen LogP contribution in [-0.4, -0.2) is 68.7 Å². The van der Waals surface area contributed by atoms with Crippen LogP contribution in [0.25, 0.3) is 0 Å². The van der Waals surface area contributed by atoms with Gasteiger partial charge in [-0.1, -0.05) is 30.8 Å². The number of amides is 1. The van der Waals surface area contributed by atoms with Crippen molar-refractivity contribution in [2.75, 3.05) is 68.5 Å². The minimum absolute atomic E-state index is 0.128. The van der Waals surface area contributed by atoms with Crippen molar-refractivity contribution in [3.8, 4) is 11.5 Å². The Morgan fingerprint density at radius 1 is 1.08 bits per heavy atom. The number of likely N-dealkylation sites (N-methyl/N-ethyl adjacent to an activating group) is 2. The number of anilines is 5. The van der Waals surface area contributed by atoms with Crippen molar-refractivity contribution in [2.24, 2.45) is 0 Å². The van der Waals surface area contributed by atoms with Crippen molar-refractivity contribution < 1.29 is 23.5 Å². The highest BCUT2D eigenvalue weighted by molar-refractivity contribution is 6.02. The number of benzene rings is 3. The molecule has 1 aromatic heterocycles. The number of methoxy groups -OCH3 is 1. The third-order valence-corrected chi connectivity index (χ3v) is 7.98. The summed E-state index contributed by atoms with van der Waals surface area (Å²) in [6.45, 7) is 7.89. The molecule has 0 radical (unpaired) electrons. The summed E-state index contributed by atoms with van der Waals surface area (Å²) in [6.07, 6.45) is 3.44. The van der Waals surface area contributed by atoms with E-state index in [9.17, 15) is 9.18 Å².